The van der Waals surface area contributed by atoms with Gasteiger partial charge in [0.25, 0.3) is 0 Å². The molecule has 0 radical (unpaired) electrons. The molecule has 19 heavy (non-hydrogen) atoms. The Labute approximate surface area is 111 Å². The summed E-state index contributed by atoms with van der Waals surface area (Å²) in [5.74, 6) is -0.289. The van der Waals surface area contributed by atoms with Crippen molar-refractivity contribution in [1.82, 2.24) is 9.78 Å². The maximum atomic E-state index is 13.3. The molecule has 1 aliphatic rings. The van der Waals surface area contributed by atoms with Gasteiger partial charge in [0, 0.05) is 36.2 Å². The van der Waals surface area contributed by atoms with Crippen molar-refractivity contribution in [3.05, 3.63) is 36.4 Å². The third kappa shape index (κ3) is 2.46. The number of benzene rings is 1. The van der Waals surface area contributed by atoms with Crippen molar-refractivity contribution >= 4 is 5.69 Å². The van der Waals surface area contributed by atoms with Crippen LogP contribution in [0.25, 0.3) is 11.1 Å². The van der Waals surface area contributed by atoms with Crippen LogP contribution in [-0.4, -0.2) is 23.0 Å². The Morgan fingerprint density at radius 3 is 2.89 bits per heavy atom. The van der Waals surface area contributed by atoms with Gasteiger partial charge in [0.05, 0.1) is 12.2 Å². The Hall–Kier alpha value is -1.88. The van der Waals surface area contributed by atoms with E-state index in [0.29, 0.717) is 17.3 Å². The van der Waals surface area contributed by atoms with Crippen molar-refractivity contribution in [1.29, 1.82) is 0 Å². The molecule has 1 fully saturated rings. The van der Waals surface area contributed by atoms with Crippen LogP contribution in [-0.2, 0) is 4.74 Å². The van der Waals surface area contributed by atoms with Gasteiger partial charge in [-0.15, -0.1) is 0 Å². The second kappa shape index (κ2) is 5.01. The molecule has 1 aliphatic heterocycles. The molecule has 5 heteroatoms. The number of nitrogen functional groups attached to an aromatic ring is 1. The zero-order valence-electron chi connectivity index (χ0n) is 10.6. The number of nitrogens with zero attached hydrogens (tertiary/aromatic N) is 2. The van der Waals surface area contributed by atoms with Crippen LogP contribution in [0.2, 0.25) is 0 Å². The van der Waals surface area contributed by atoms with Gasteiger partial charge in [-0.1, -0.05) is 0 Å². The second-order valence-electron chi connectivity index (χ2n) is 4.78. The molecule has 0 bridgehead atoms. The molecule has 0 amide bonds. The van der Waals surface area contributed by atoms with E-state index in [-0.39, 0.29) is 5.82 Å². The molecule has 2 heterocycles. The molecule has 100 valence electrons. The number of rotatable bonds is 2. The van der Waals surface area contributed by atoms with Crippen LogP contribution in [0.1, 0.15) is 18.9 Å². The van der Waals surface area contributed by atoms with Gasteiger partial charge in [-0.2, -0.15) is 5.10 Å². The maximum absolute atomic E-state index is 13.3. The Bertz CT molecular complexity index is 576. The standard InChI is InChI=1S/C14H16FN3O/c15-11-1-2-14(16)13(7-11)10-8-17-18(9-10)12-3-5-19-6-4-12/h1-2,7-9,12H,3-6,16H2. The number of hydrogen-bond acceptors (Lipinski definition) is 3. The van der Waals surface area contributed by atoms with Gasteiger partial charge in [0.15, 0.2) is 0 Å². The predicted molar refractivity (Wildman–Crippen MR) is 71.1 cm³/mol. The fourth-order valence-electron chi connectivity index (χ4n) is 2.40. The van der Waals surface area contributed by atoms with Gasteiger partial charge in [0.2, 0.25) is 0 Å². The van der Waals surface area contributed by atoms with Gasteiger partial charge in [-0.3, -0.25) is 4.68 Å². The molecular weight excluding hydrogens is 245 g/mol. The van der Waals surface area contributed by atoms with E-state index in [4.69, 9.17) is 10.5 Å². The Balaban J connectivity index is 1.89. The molecule has 0 unspecified atom stereocenters. The SMILES string of the molecule is Nc1ccc(F)cc1-c1cnn(C2CCOCC2)c1. The summed E-state index contributed by atoms with van der Waals surface area (Å²) in [5, 5.41) is 4.37. The quantitative estimate of drug-likeness (QED) is 0.845. The van der Waals surface area contributed by atoms with Crippen molar-refractivity contribution in [2.45, 2.75) is 18.9 Å². The summed E-state index contributed by atoms with van der Waals surface area (Å²) in [6.07, 6.45) is 5.58. The highest BCUT2D eigenvalue weighted by atomic mass is 19.1. The van der Waals surface area contributed by atoms with Crippen LogP contribution in [0.15, 0.2) is 30.6 Å². The molecule has 1 saturated heterocycles. The van der Waals surface area contributed by atoms with E-state index in [9.17, 15) is 4.39 Å². The lowest BCUT2D eigenvalue weighted by molar-refractivity contribution is 0.0662. The smallest absolute Gasteiger partial charge is 0.123 e. The highest BCUT2D eigenvalue weighted by Crippen LogP contribution is 2.28. The van der Waals surface area contributed by atoms with E-state index in [1.54, 1.807) is 12.3 Å². The summed E-state index contributed by atoms with van der Waals surface area (Å²) in [6, 6.07) is 4.75. The van der Waals surface area contributed by atoms with E-state index in [1.165, 1.54) is 12.1 Å². The monoisotopic (exact) mass is 261 g/mol. The first-order valence-electron chi connectivity index (χ1n) is 6.41. The minimum atomic E-state index is -0.289. The van der Waals surface area contributed by atoms with E-state index in [2.05, 4.69) is 5.10 Å². The molecule has 1 aromatic heterocycles. The summed E-state index contributed by atoms with van der Waals surface area (Å²) in [4.78, 5) is 0. The first-order chi connectivity index (χ1) is 9.24. The van der Waals surface area contributed by atoms with Gasteiger partial charge >= 0.3 is 0 Å². The number of anilines is 1. The zero-order valence-corrected chi connectivity index (χ0v) is 10.6. The Kier molecular flexibility index (Phi) is 3.21. The van der Waals surface area contributed by atoms with E-state index >= 15 is 0 Å². The fraction of sp³-hybridized carbons (Fsp3) is 0.357. The van der Waals surface area contributed by atoms with Crippen molar-refractivity contribution < 1.29 is 9.13 Å². The Morgan fingerprint density at radius 1 is 1.32 bits per heavy atom. The summed E-state index contributed by atoms with van der Waals surface area (Å²) in [5.41, 5.74) is 7.99. The lowest BCUT2D eigenvalue weighted by Gasteiger charge is -2.22. The molecular formula is C14H16FN3O. The third-order valence-corrected chi connectivity index (χ3v) is 3.49. The van der Waals surface area contributed by atoms with Crippen molar-refractivity contribution in [2.24, 2.45) is 0 Å². The molecule has 0 atom stereocenters. The molecule has 3 rings (SSSR count). The molecule has 2 aromatic rings. The summed E-state index contributed by atoms with van der Waals surface area (Å²) < 4.78 is 20.6. The number of halogens is 1. The minimum absolute atomic E-state index is 0.289. The lowest BCUT2D eigenvalue weighted by atomic mass is 10.1. The molecule has 0 aliphatic carbocycles. The average Bonchev–Trinajstić information content (AvgIpc) is 2.92. The molecule has 1 aromatic carbocycles. The fourth-order valence-corrected chi connectivity index (χ4v) is 2.40. The van der Waals surface area contributed by atoms with Crippen LogP contribution in [0, 0.1) is 5.82 Å². The number of nitrogens with two attached hydrogens (primary N) is 1. The molecule has 0 saturated carbocycles. The number of aromatic nitrogens is 2. The van der Waals surface area contributed by atoms with Crippen LogP contribution < -0.4 is 5.73 Å². The summed E-state index contributed by atoms with van der Waals surface area (Å²) in [6.45, 7) is 1.53. The topological polar surface area (TPSA) is 53.1 Å². The second-order valence-corrected chi connectivity index (χ2v) is 4.78. The average molecular weight is 261 g/mol. The number of ether oxygens (including phenoxy) is 1. The van der Waals surface area contributed by atoms with Gasteiger partial charge in [-0.05, 0) is 31.0 Å². The van der Waals surface area contributed by atoms with E-state index in [1.807, 2.05) is 10.9 Å². The van der Waals surface area contributed by atoms with Crippen LogP contribution in [0.5, 0.6) is 0 Å². The van der Waals surface area contributed by atoms with Crippen LogP contribution in [0.4, 0.5) is 10.1 Å². The van der Waals surface area contributed by atoms with Crippen LogP contribution >= 0.6 is 0 Å². The Morgan fingerprint density at radius 2 is 2.11 bits per heavy atom. The number of hydrogen-bond donors (Lipinski definition) is 1. The lowest BCUT2D eigenvalue weighted by Crippen LogP contribution is -2.19. The minimum Gasteiger partial charge on any atom is -0.398 e. The van der Waals surface area contributed by atoms with Gasteiger partial charge in [0.1, 0.15) is 5.82 Å². The first-order valence-corrected chi connectivity index (χ1v) is 6.41. The van der Waals surface area contributed by atoms with Crippen molar-refractivity contribution in [3.63, 3.8) is 0 Å². The highest BCUT2D eigenvalue weighted by Gasteiger charge is 2.17. The highest BCUT2D eigenvalue weighted by molar-refractivity contribution is 5.75. The molecule has 0 spiro atoms. The third-order valence-electron chi connectivity index (χ3n) is 3.49. The van der Waals surface area contributed by atoms with E-state index in [0.717, 1.165) is 31.6 Å². The van der Waals surface area contributed by atoms with Crippen LogP contribution in [0.3, 0.4) is 0 Å². The van der Waals surface area contributed by atoms with Gasteiger partial charge in [-0.25, -0.2) is 4.39 Å². The normalized spacial score (nSPS) is 16.7. The van der Waals surface area contributed by atoms with E-state index < -0.39 is 0 Å². The molecule has 2 N–H and O–H groups in total. The predicted octanol–water partition coefficient (Wildman–Crippen LogP) is 2.62. The van der Waals surface area contributed by atoms with Crippen molar-refractivity contribution in [3.8, 4) is 11.1 Å². The first kappa shape index (κ1) is 12.2. The van der Waals surface area contributed by atoms with Gasteiger partial charge < -0.3 is 10.5 Å². The summed E-state index contributed by atoms with van der Waals surface area (Å²) >= 11 is 0. The largest absolute Gasteiger partial charge is 0.398 e. The zero-order chi connectivity index (χ0) is 13.2. The summed E-state index contributed by atoms with van der Waals surface area (Å²) in [7, 11) is 0. The maximum Gasteiger partial charge on any atom is 0.123 e. The van der Waals surface area contributed by atoms with Crippen molar-refractivity contribution in [2.75, 3.05) is 18.9 Å². The molecule has 4 nitrogen and oxygen atoms in total.